The van der Waals surface area contributed by atoms with E-state index in [2.05, 4.69) is 9.97 Å². The van der Waals surface area contributed by atoms with E-state index in [1.807, 2.05) is 11.5 Å². The van der Waals surface area contributed by atoms with Crippen LogP contribution in [0, 0.1) is 0 Å². The lowest BCUT2D eigenvalue weighted by Crippen LogP contribution is -2.14. The highest BCUT2D eigenvalue weighted by Gasteiger charge is 2.19. The summed E-state index contributed by atoms with van der Waals surface area (Å²) in [7, 11) is -0.977. The third kappa shape index (κ3) is 3.96. The molecule has 2 unspecified atom stereocenters. The predicted octanol–water partition coefficient (Wildman–Crippen LogP) is 2.20. The molecule has 0 saturated heterocycles. The smallest absolute Gasteiger partial charge is 0.313 e. The van der Waals surface area contributed by atoms with Gasteiger partial charge >= 0.3 is 5.97 Å². The third-order valence-corrected chi connectivity index (χ3v) is 4.80. The number of rotatable bonds is 6. The largest absolute Gasteiger partial charge is 0.481 e. The average Bonchev–Trinajstić information content (AvgIpc) is 2.72. The number of hydrogen-bond acceptors (Lipinski definition) is 5. The fourth-order valence-electron chi connectivity index (χ4n) is 1.98. The summed E-state index contributed by atoms with van der Waals surface area (Å²) < 4.78 is 13.3. The molecule has 2 heterocycles. The number of carbonyl (C=O) groups is 1. The molecule has 0 aliphatic rings. The zero-order valence-electron chi connectivity index (χ0n) is 11.4. The first kappa shape index (κ1) is 16.3. The van der Waals surface area contributed by atoms with E-state index < -0.39 is 16.8 Å². The minimum absolute atomic E-state index is 0.0982. The molecular weight excluding hydrogens is 334 g/mol. The molecule has 0 amide bonds. The van der Waals surface area contributed by atoms with Crippen molar-refractivity contribution in [2.24, 2.45) is 0 Å². The lowest BCUT2D eigenvalue weighted by molar-refractivity contribution is -0.133. The number of aliphatic carboxylic acids is 1. The Bertz CT molecular complexity index is 704. The average molecular weight is 348 g/mol. The number of hydrogen-bond donors (Lipinski definition) is 1. The Morgan fingerprint density at radius 2 is 2.33 bits per heavy atom. The van der Waals surface area contributed by atoms with Crippen LogP contribution in [0.25, 0.3) is 11.2 Å². The second-order valence-electron chi connectivity index (χ2n) is 4.53. The predicted molar refractivity (Wildman–Crippen MR) is 84.5 cm³/mol. The minimum atomic E-state index is -0.977. The topological polar surface area (TPSA) is 85.1 Å². The van der Waals surface area contributed by atoms with Crippen molar-refractivity contribution in [3.63, 3.8) is 0 Å². The maximum absolute atomic E-state index is 11.5. The van der Waals surface area contributed by atoms with Gasteiger partial charge in [-0.2, -0.15) is 0 Å². The summed E-state index contributed by atoms with van der Waals surface area (Å²) in [5.41, 5.74) is 1.22. The highest BCUT2D eigenvalue weighted by Crippen LogP contribution is 2.28. The van der Waals surface area contributed by atoms with E-state index in [9.17, 15) is 9.00 Å². The Morgan fingerprint density at radius 1 is 1.62 bits per heavy atom. The molecule has 0 aliphatic heterocycles. The van der Waals surface area contributed by atoms with E-state index in [1.165, 1.54) is 6.20 Å². The Kier molecular flexibility index (Phi) is 5.23. The van der Waals surface area contributed by atoms with E-state index in [4.69, 9.17) is 16.7 Å². The molecular formula is C12H14ClN3O3S2. The second kappa shape index (κ2) is 6.76. The van der Waals surface area contributed by atoms with Gasteiger partial charge in [-0.05, 0) is 13.0 Å². The second-order valence-corrected chi connectivity index (χ2v) is 7.39. The summed E-state index contributed by atoms with van der Waals surface area (Å²) in [6.07, 6.45) is 3.15. The molecule has 0 saturated carbocycles. The first-order chi connectivity index (χ1) is 9.88. The maximum Gasteiger partial charge on any atom is 0.313 e. The van der Waals surface area contributed by atoms with Gasteiger partial charge in [-0.1, -0.05) is 23.4 Å². The molecule has 9 heteroatoms. The van der Waals surface area contributed by atoms with Crippen LogP contribution in [0.2, 0.25) is 5.02 Å². The van der Waals surface area contributed by atoms with Crippen LogP contribution in [0.15, 0.2) is 17.4 Å². The molecule has 2 aromatic heterocycles. The number of halogens is 1. The number of thioether (sulfide) groups is 1. The van der Waals surface area contributed by atoms with E-state index in [0.29, 0.717) is 27.1 Å². The Balaban J connectivity index is 2.48. The van der Waals surface area contributed by atoms with Gasteiger partial charge in [-0.3, -0.25) is 13.6 Å². The van der Waals surface area contributed by atoms with Crippen molar-refractivity contribution in [1.29, 1.82) is 0 Å². The van der Waals surface area contributed by atoms with Crippen molar-refractivity contribution in [3.05, 3.63) is 17.3 Å². The molecule has 0 bridgehead atoms. The molecule has 0 spiro atoms. The normalized spacial score (nSPS) is 14.2. The minimum Gasteiger partial charge on any atom is -0.481 e. The quantitative estimate of drug-likeness (QED) is 0.806. The molecule has 0 aromatic carbocycles. The van der Waals surface area contributed by atoms with Crippen molar-refractivity contribution >= 4 is 51.3 Å². The van der Waals surface area contributed by atoms with E-state index in [0.717, 1.165) is 11.8 Å². The van der Waals surface area contributed by atoms with Crippen LogP contribution in [0.1, 0.15) is 13.0 Å². The van der Waals surface area contributed by atoms with Crippen LogP contribution in [0.5, 0.6) is 0 Å². The van der Waals surface area contributed by atoms with Crippen molar-refractivity contribution in [3.8, 4) is 0 Å². The summed E-state index contributed by atoms with van der Waals surface area (Å²) in [4.78, 5) is 19.4. The molecule has 1 N–H and O–H groups in total. The molecule has 2 atom stereocenters. The van der Waals surface area contributed by atoms with E-state index in [1.54, 1.807) is 12.3 Å². The van der Waals surface area contributed by atoms with Crippen molar-refractivity contribution < 1.29 is 14.1 Å². The lowest BCUT2D eigenvalue weighted by Gasteiger charge is -2.15. The van der Waals surface area contributed by atoms with Crippen LogP contribution in [-0.2, 0) is 15.6 Å². The summed E-state index contributed by atoms with van der Waals surface area (Å²) in [6.45, 7) is 1.91. The van der Waals surface area contributed by atoms with Gasteiger partial charge in [0.2, 0.25) is 0 Å². The first-order valence-electron chi connectivity index (χ1n) is 6.06. The van der Waals surface area contributed by atoms with Gasteiger partial charge in [0.1, 0.15) is 5.52 Å². The molecule has 0 radical (unpaired) electrons. The SMILES string of the molecule is CC(CS(C)=O)n1c(SCC(=O)O)nc2cc(Cl)cnc21. The van der Waals surface area contributed by atoms with Gasteiger partial charge in [-0.25, -0.2) is 9.97 Å². The number of fused-ring (bicyclic) bond motifs is 1. The number of carboxylic acids is 1. The molecule has 114 valence electrons. The Hall–Kier alpha value is -1.12. The zero-order valence-corrected chi connectivity index (χ0v) is 13.8. The highest BCUT2D eigenvalue weighted by atomic mass is 35.5. The van der Waals surface area contributed by atoms with Gasteiger partial charge in [-0.15, -0.1) is 0 Å². The summed E-state index contributed by atoms with van der Waals surface area (Å²) in [5.74, 6) is -0.577. The van der Waals surface area contributed by atoms with Gasteiger partial charge in [0.25, 0.3) is 0 Å². The van der Waals surface area contributed by atoms with Crippen LogP contribution >= 0.6 is 23.4 Å². The van der Waals surface area contributed by atoms with Gasteiger partial charge in [0, 0.05) is 35.0 Å². The van der Waals surface area contributed by atoms with Gasteiger partial charge in [0.05, 0.1) is 10.8 Å². The first-order valence-corrected chi connectivity index (χ1v) is 9.15. The molecule has 21 heavy (non-hydrogen) atoms. The van der Waals surface area contributed by atoms with E-state index in [-0.39, 0.29) is 11.8 Å². The Morgan fingerprint density at radius 3 is 2.95 bits per heavy atom. The fraction of sp³-hybridized carbons (Fsp3) is 0.417. The third-order valence-electron chi connectivity index (χ3n) is 2.71. The number of aromatic nitrogens is 3. The molecule has 2 aromatic rings. The van der Waals surface area contributed by atoms with Crippen molar-refractivity contribution in [1.82, 2.24) is 14.5 Å². The number of carboxylic acid groups (broad SMARTS) is 1. The van der Waals surface area contributed by atoms with Crippen molar-refractivity contribution in [2.45, 2.75) is 18.1 Å². The van der Waals surface area contributed by atoms with Gasteiger partial charge < -0.3 is 5.11 Å². The highest BCUT2D eigenvalue weighted by molar-refractivity contribution is 7.99. The van der Waals surface area contributed by atoms with Crippen LogP contribution in [-0.4, -0.2) is 47.6 Å². The fourth-order valence-corrected chi connectivity index (χ4v) is 3.78. The zero-order chi connectivity index (χ0) is 15.6. The Labute approximate surface area is 133 Å². The van der Waals surface area contributed by atoms with Crippen LogP contribution in [0.3, 0.4) is 0 Å². The summed E-state index contributed by atoms with van der Waals surface area (Å²) in [6, 6.07) is 1.58. The number of imidazole rings is 1. The van der Waals surface area contributed by atoms with Crippen LogP contribution in [0.4, 0.5) is 0 Å². The van der Waals surface area contributed by atoms with Crippen molar-refractivity contribution in [2.75, 3.05) is 17.8 Å². The van der Waals surface area contributed by atoms with Gasteiger partial charge in [0.15, 0.2) is 10.8 Å². The summed E-state index contributed by atoms with van der Waals surface area (Å²) >= 11 is 7.02. The number of nitrogens with zero attached hydrogens (tertiary/aromatic N) is 3. The molecule has 2 rings (SSSR count). The molecule has 0 aliphatic carbocycles. The summed E-state index contributed by atoms with van der Waals surface area (Å²) in [5, 5.41) is 9.83. The number of pyridine rings is 1. The standard InChI is InChI=1S/C12H14ClN3O3S2/c1-7(6-21(2)19)16-11-9(3-8(13)4-14-11)15-12(16)20-5-10(17)18/h3-4,7H,5-6H2,1-2H3,(H,17,18). The lowest BCUT2D eigenvalue weighted by atomic mass is 10.3. The molecule has 0 fully saturated rings. The monoisotopic (exact) mass is 347 g/mol. The maximum atomic E-state index is 11.5. The molecule has 6 nitrogen and oxygen atoms in total. The van der Waals surface area contributed by atoms with Crippen LogP contribution < -0.4 is 0 Å². The van der Waals surface area contributed by atoms with E-state index >= 15 is 0 Å².